The standard InChI is InChI=1S/C25H50O4Si/c1-11-27-24(10)28-18-23(9)13-15-25(14-12-22(8)16-17-26)29-30(19(2)3,20(4)5)21(6)7/h12,14,16,19-21,23-26H,11,13,15,17-18H2,1-10H3/b14-12+,22-16+/t23-,24?,25+/m0/s1. The summed E-state index contributed by atoms with van der Waals surface area (Å²) in [5, 5.41) is 9.17. The smallest absolute Gasteiger partial charge is 0.201 e. The van der Waals surface area contributed by atoms with Crippen molar-refractivity contribution in [2.75, 3.05) is 19.8 Å². The van der Waals surface area contributed by atoms with Crippen LogP contribution in [0.2, 0.25) is 16.6 Å². The first-order chi connectivity index (χ1) is 14.0. The highest BCUT2D eigenvalue weighted by Gasteiger charge is 2.46. The molecular weight excluding hydrogens is 392 g/mol. The van der Waals surface area contributed by atoms with E-state index >= 15 is 0 Å². The summed E-state index contributed by atoms with van der Waals surface area (Å²) in [6.45, 7) is 23.6. The van der Waals surface area contributed by atoms with Gasteiger partial charge in [0.05, 0.1) is 19.3 Å². The van der Waals surface area contributed by atoms with Crippen LogP contribution in [0.5, 0.6) is 0 Å². The third-order valence-corrected chi connectivity index (χ3v) is 12.1. The molecule has 0 saturated carbocycles. The summed E-state index contributed by atoms with van der Waals surface area (Å²) in [6.07, 6.45) is 8.06. The molecule has 1 N–H and O–H groups in total. The number of rotatable bonds is 16. The molecule has 3 atom stereocenters. The van der Waals surface area contributed by atoms with Gasteiger partial charge in [0.25, 0.3) is 0 Å². The zero-order chi connectivity index (χ0) is 23.3. The first-order valence-electron chi connectivity index (χ1n) is 11.9. The third-order valence-electron chi connectivity index (χ3n) is 6.01. The van der Waals surface area contributed by atoms with E-state index in [0.717, 1.165) is 18.4 Å². The molecular formula is C25H50O4Si. The molecule has 0 aliphatic carbocycles. The third kappa shape index (κ3) is 10.2. The highest BCUT2D eigenvalue weighted by atomic mass is 28.4. The van der Waals surface area contributed by atoms with Crippen LogP contribution in [0.3, 0.4) is 0 Å². The summed E-state index contributed by atoms with van der Waals surface area (Å²) < 4.78 is 18.3. The Hall–Kier alpha value is -0.463. The van der Waals surface area contributed by atoms with Gasteiger partial charge in [-0.2, -0.15) is 0 Å². The molecule has 0 aromatic heterocycles. The lowest BCUT2D eigenvalue weighted by Gasteiger charge is -2.44. The predicted molar refractivity (Wildman–Crippen MR) is 131 cm³/mol. The number of hydrogen-bond acceptors (Lipinski definition) is 4. The number of ether oxygens (including phenoxy) is 2. The fraction of sp³-hybridized carbons (Fsp3) is 0.840. The molecule has 0 saturated heterocycles. The van der Waals surface area contributed by atoms with Crippen molar-refractivity contribution in [1.82, 2.24) is 0 Å². The van der Waals surface area contributed by atoms with Crippen molar-refractivity contribution < 1.29 is 19.0 Å². The lowest BCUT2D eigenvalue weighted by molar-refractivity contribution is -0.134. The van der Waals surface area contributed by atoms with Crippen molar-refractivity contribution in [3.8, 4) is 0 Å². The predicted octanol–water partition coefficient (Wildman–Crippen LogP) is 6.86. The molecule has 0 aromatic carbocycles. The average molecular weight is 443 g/mol. The van der Waals surface area contributed by atoms with Crippen molar-refractivity contribution in [3.05, 3.63) is 23.8 Å². The van der Waals surface area contributed by atoms with Crippen molar-refractivity contribution in [2.24, 2.45) is 5.92 Å². The second-order valence-corrected chi connectivity index (χ2v) is 14.9. The van der Waals surface area contributed by atoms with Crippen molar-refractivity contribution >= 4 is 8.32 Å². The van der Waals surface area contributed by atoms with Gasteiger partial charge in [-0.25, -0.2) is 0 Å². The molecule has 0 amide bonds. The van der Waals surface area contributed by atoms with Gasteiger partial charge in [-0.15, -0.1) is 0 Å². The minimum Gasteiger partial charge on any atom is -0.410 e. The van der Waals surface area contributed by atoms with E-state index in [4.69, 9.17) is 19.0 Å². The molecule has 0 spiro atoms. The number of allylic oxidation sites excluding steroid dienone is 2. The Morgan fingerprint density at radius 1 is 0.900 bits per heavy atom. The van der Waals surface area contributed by atoms with Gasteiger partial charge >= 0.3 is 0 Å². The normalized spacial score (nSPS) is 16.8. The summed E-state index contributed by atoms with van der Waals surface area (Å²) in [6, 6.07) is 0. The summed E-state index contributed by atoms with van der Waals surface area (Å²) >= 11 is 0. The molecule has 0 aliphatic heterocycles. The molecule has 5 heteroatoms. The van der Waals surface area contributed by atoms with Crippen LogP contribution in [0.25, 0.3) is 0 Å². The van der Waals surface area contributed by atoms with Gasteiger partial charge in [-0.3, -0.25) is 0 Å². The Balaban J connectivity index is 5.35. The van der Waals surface area contributed by atoms with E-state index < -0.39 is 8.32 Å². The van der Waals surface area contributed by atoms with E-state index in [1.807, 2.05) is 26.8 Å². The molecule has 1 unspecified atom stereocenters. The number of hydrogen-bond donors (Lipinski definition) is 1. The summed E-state index contributed by atoms with van der Waals surface area (Å²) in [4.78, 5) is 0. The lowest BCUT2D eigenvalue weighted by Crippen LogP contribution is -2.50. The van der Waals surface area contributed by atoms with Crippen LogP contribution in [0, 0.1) is 5.92 Å². The first-order valence-corrected chi connectivity index (χ1v) is 14.0. The molecule has 0 heterocycles. The maximum absolute atomic E-state index is 9.17. The van der Waals surface area contributed by atoms with Gasteiger partial charge in [-0.1, -0.05) is 72.3 Å². The van der Waals surface area contributed by atoms with Crippen LogP contribution in [0.4, 0.5) is 0 Å². The van der Waals surface area contributed by atoms with E-state index in [2.05, 4.69) is 60.6 Å². The fourth-order valence-electron chi connectivity index (χ4n) is 4.45. The first kappa shape index (κ1) is 29.5. The number of aliphatic hydroxyl groups excluding tert-OH is 1. The zero-order valence-electron chi connectivity index (χ0n) is 21.4. The Kier molecular flexibility index (Phi) is 15.1. The summed E-state index contributed by atoms with van der Waals surface area (Å²) in [7, 11) is -1.97. The van der Waals surface area contributed by atoms with Crippen LogP contribution in [-0.2, 0) is 13.9 Å². The maximum Gasteiger partial charge on any atom is 0.201 e. The summed E-state index contributed by atoms with van der Waals surface area (Å²) in [5.74, 6) is 0.440. The molecule has 178 valence electrons. The maximum atomic E-state index is 9.17. The molecule has 0 aliphatic rings. The second kappa shape index (κ2) is 15.4. The van der Waals surface area contributed by atoms with Crippen LogP contribution in [0.1, 0.15) is 82.1 Å². The van der Waals surface area contributed by atoms with E-state index in [0.29, 0.717) is 35.8 Å². The molecule has 30 heavy (non-hydrogen) atoms. The van der Waals surface area contributed by atoms with Gasteiger partial charge in [0.1, 0.15) is 0 Å². The van der Waals surface area contributed by atoms with Crippen LogP contribution in [0.15, 0.2) is 23.8 Å². The molecule has 0 bridgehead atoms. The second-order valence-electron chi connectivity index (χ2n) is 9.50. The minimum atomic E-state index is -1.97. The average Bonchev–Trinajstić information content (AvgIpc) is 2.65. The lowest BCUT2D eigenvalue weighted by atomic mass is 10.0. The van der Waals surface area contributed by atoms with Crippen molar-refractivity contribution in [1.29, 1.82) is 0 Å². The van der Waals surface area contributed by atoms with E-state index in [9.17, 15) is 0 Å². The molecule has 0 fully saturated rings. The Morgan fingerprint density at radius 2 is 1.47 bits per heavy atom. The zero-order valence-corrected chi connectivity index (χ0v) is 22.4. The largest absolute Gasteiger partial charge is 0.410 e. The van der Waals surface area contributed by atoms with Crippen molar-refractivity contribution in [3.63, 3.8) is 0 Å². The van der Waals surface area contributed by atoms with Crippen LogP contribution in [-0.4, -0.2) is 45.6 Å². The molecule has 0 radical (unpaired) electrons. The van der Waals surface area contributed by atoms with E-state index in [-0.39, 0.29) is 19.0 Å². The van der Waals surface area contributed by atoms with Crippen molar-refractivity contribution in [2.45, 2.75) is 111 Å². The van der Waals surface area contributed by atoms with Gasteiger partial charge in [0.2, 0.25) is 8.32 Å². The number of aliphatic hydroxyl groups is 1. The van der Waals surface area contributed by atoms with E-state index in [1.165, 1.54) is 0 Å². The highest BCUT2D eigenvalue weighted by molar-refractivity contribution is 6.77. The topological polar surface area (TPSA) is 47.9 Å². The molecule has 0 rings (SSSR count). The quantitative estimate of drug-likeness (QED) is 0.161. The van der Waals surface area contributed by atoms with E-state index in [1.54, 1.807) is 0 Å². The van der Waals surface area contributed by atoms with Crippen LogP contribution >= 0.6 is 0 Å². The van der Waals surface area contributed by atoms with Crippen LogP contribution < -0.4 is 0 Å². The Labute approximate surface area is 188 Å². The van der Waals surface area contributed by atoms with Gasteiger partial charge in [0.15, 0.2) is 6.29 Å². The van der Waals surface area contributed by atoms with Gasteiger partial charge in [0, 0.05) is 6.61 Å². The van der Waals surface area contributed by atoms with Gasteiger partial charge in [-0.05, 0) is 56.2 Å². The SMILES string of the molecule is CCOC(C)OC[C@@H](C)CC[C@@H](/C=C/C(C)=C/CO)O[Si](C(C)C)(C(C)C)C(C)C. The monoisotopic (exact) mass is 442 g/mol. The summed E-state index contributed by atoms with van der Waals surface area (Å²) in [5.41, 5.74) is 2.72. The Bertz CT molecular complexity index is 478. The Morgan fingerprint density at radius 3 is 1.93 bits per heavy atom. The fourth-order valence-corrected chi connectivity index (χ4v) is 9.99. The van der Waals surface area contributed by atoms with Gasteiger partial charge < -0.3 is 19.0 Å². The highest BCUT2D eigenvalue weighted by Crippen LogP contribution is 2.43. The molecule has 0 aromatic rings. The molecule has 4 nitrogen and oxygen atoms in total. The minimum absolute atomic E-state index is 0.0662.